The van der Waals surface area contributed by atoms with Crippen LogP contribution in [0.15, 0.2) is 76.7 Å². The first kappa shape index (κ1) is 21.3. The molecule has 0 saturated carbocycles. The highest BCUT2D eigenvalue weighted by atomic mass is 32.2. The molecular formula is C22H21FN2O4S. The van der Waals surface area contributed by atoms with Gasteiger partial charge in [0.25, 0.3) is 10.0 Å². The number of hydrogen-bond donors (Lipinski definition) is 1. The molecule has 0 fully saturated rings. The Hall–Kier alpha value is -3.39. The fraction of sp³-hybridized carbons (Fsp3) is 0.136. The molecule has 0 unspecified atom stereocenters. The average molecular weight is 428 g/mol. The van der Waals surface area contributed by atoms with Crippen LogP contribution in [0, 0.1) is 12.7 Å². The van der Waals surface area contributed by atoms with Crippen LogP contribution in [0.4, 0.5) is 4.39 Å². The van der Waals surface area contributed by atoms with E-state index in [2.05, 4.69) is 9.93 Å². The summed E-state index contributed by atoms with van der Waals surface area (Å²) < 4.78 is 48.6. The number of methoxy groups -OCH3 is 1. The number of hydrazone groups is 1. The summed E-state index contributed by atoms with van der Waals surface area (Å²) >= 11 is 0. The summed E-state index contributed by atoms with van der Waals surface area (Å²) in [6, 6.07) is 17.6. The van der Waals surface area contributed by atoms with Crippen LogP contribution in [-0.2, 0) is 16.6 Å². The number of halogens is 1. The highest BCUT2D eigenvalue weighted by Gasteiger charge is 2.12. The Kier molecular flexibility index (Phi) is 6.68. The molecule has 0 spiro atoms. The quantitative estimate of drug-likeness (QED) is 0.434. The van der Waals surface area contributed by atoms with Gasteiger partial charge in [0, 0.05) is 0 Å². The number of hydrogen-bond acceptors (Lipinski definition) is 5. The summed E-state index contributed by atoms with van der Waals surface area (Å²) in [5.74, 6) is 0.652. The summed E-state index contributed by atoms with van der Waals surface area (Å²) in [7, 11) is -2.24. The number of nitrogens with zero attached hydrogens (tertiary/aromatic N) is 1. The van der Waals surface area contributed by atoms with Crippen LogP contribution in [0.1, 0.15) is 16.7 Å². The van der Waals surface area contributed by atoms with Crippen LogP contribution < -0.4 is 14.3 Å². The molecule has 0 aliphatic heterocycles. The van der Waals surface area contributed by atoms with Crippen LogP contribution in [0.5, 0.6) is 11.5 Å². The molecular weight excluding hydrogens is 407 g/mol. The van der Waals surface area contributed by atoms with Crippen molar-refractivity contribution in [3.63, 3.8) is 0 Å². The van der Waals surface area contributed by atoms with Gasteiger partial charge in [0.2, 0.25) is 0 Å². The number of ether oxygens (including phenoxy) is 2. The average Bonchev–Trinajstić information content (AvgIpc) is 2.74. The van der Waals surface area contributed by atoms with E-state index in [1.807, 2.05) is 6.92 Å². The Labute approximate surface area is 175 Å². The zero-order valence-electron chi connectivity index (χ0n) is 16.5. The van der Waals surface area contributed by atoms with E-state index in [4.69, 9.17) is 9.47 Å². The number of aryl methyl sites for hydroxylation is 1. The van der Waals surface area contributed by atoms with Crippen LogP contribution in [-0.4, -0.2) is 21.7 Å². The lowest BCUT2D eigenvalue weighted by atomic mass is 10.2. The van der Waals surface area contributed by atoms with Crippen LogP contribution in [0.25, 0.3) is 0 Å². The first-order valence-electron chi connectivity index (χ1n) is 9.04. The van der Waals surface area contributed by atoms with E-state index in [-0.39, 0.29) is 17.3 Å². The summed E-state index contributed by atoms with van der Waals surface area (Å²) in [6.07, 6.45) is 1.37. The Morgan fingerprint density at radius 1 is 1.00 bits per heavy atom. The van der Waals surface area contributed by atoms with Gasteiger partial charge in [0.15, 0.2) is 11.5 Å². The fourth-order valence-corrected chi connectivity index (χ4v) is 3.36. The van der Waals surface area contributed by atoms with Gasteiger partial charge in [0.05, 0.1) is 18.2 Å². The van der Waals surface area contributed by atoms with Crippen LogP contribution >= 0.6 is 0 Å². The van der Waals surface area contributed by atoms with Gasteiger partial charge in [-0.25, -0.2) is 9.22 Å². The van der Waals surface area contributed by atoms with E-state index in [0.29, 0.717) is 17.1 Å². The summed E-state index contributed by atoms with van der Waals surface area (Å²) in [5.41, 5.74) is 2.40. The van der Waals surface area contributed by atoms with Crippen molar-refractivity contribution >= 4 is 16.2 Å². The predicted molar refractivity (Wildman–Crippen MR) is 113 cm³/mol. The maximum atomic E-state index is 13.0. The minimum atomic E-state index is -3.74. The normalized spacial score (nSPS) is 11.4. The second-order valence-corrected chi connectivity index (χ2v) is 8.15. The Morgan fingerprint density at radius 2 is 1.70 bits per heavy atom. The third-order valence-corrected chi connectivity index (χ3v) is 5.45. The van der Waals surface area contributed by atoms with E-state index < -0.39 is 10.0 Å². The van der Waals surface area contributed by atoms with Gasteiger partial charge in [-0.3, -0.25) is 0 Å². The van der Waals surface area contributed by atoms with Crippen molar-refractivity contribution in [1.29, 1.82) is 0 Å². The summed E-state index contributed by atoms with van der Waals surface area (Å²) in [6.45, 7) is 2.13. The van der Waals surface area contributed by atoms with Crippen molar-refractivity contribution in [2.24, 2.45) is 5.10 Å². The van der Waals surface area contributed by atoms with Crippen LogP contribution in [0.3, 0.4) is 0 Å². The Balaban J connectivity index is 1.66. The lowest BCUT2D eigenvalue weighted by Crippen LogP contribution is -2.18. The van der Waals surface area contributed by atoms with Crippen molar-refractivity contribution in [3.8, 4) is 11.5 Å². The van der Waals surface area contributed by atoms with E-state index in [0.717, 1.165) is 11.1 Å². The molecule has 0 amide bonds. The van der Waals surface area contributed by atoms with E-state index >= 15 is 0 Å². The van der Waals surface area contributed by atoms with Crippen molar-refractivity contribution in [2.45, 2.75) is 18.4 Å². The van der Waals surface area contributed by atoms with Gasteiger partial charge < -0.3 is 9.47 Å². The van der Waals surface area contributed by atoms with Crippen molar-refractivity contribution in [3.05, 3.63) is 89.2 Å². The highest BCUT2D eigenvalue weighted by Crippen LogP contribution is 2.28. The number of benzene rings is 3. The highest BCUT2D eigenvalue weighted by molar-refractivity contribution is 7.89. The molecule has 8 heteroatoms. The van der Waals surface area contributed by atoms with Gasteiger partial charge in [-0.05, 0) is 60.5 Å². The molecule has 0 saturated heterocycles. The van der Waals surface area contributed by atoms with Crippen molar-refractivity contribution in [2.75, 3.05) is 7.11 Å². The van der Waals surface area contributed by atoms with Crippen LogP contribution in [0.2, 0.25) is 0 Å². The molecule has 0 radical (unpaired) electrons. The molecule has 0 aromatic heterocycles. The summed E-state index contributed by atoms with van der Waals surface area (Å²) in [4.78, 5) is 2.32. The number of rotatable bonds is 8. The fourth-order valence-electron chi connectivity index (χ4n) is 2.57. The van der Waals surface area contributed by atoms with Gasteiger partial charge in [-0.15, -0.1) is 0 Å². The zero-order chi connectivity index (χ0) is 21.6. The standard InChI is InChI=1S/C22H21FN2O4S/c1-16-3-10-20(11-4-16)30(26,27)25-24-14-18-7-12-21(22(13-18)28-2)29-15-17-5-8-19(23)9-6-17/h3-14,25H,15H2,1-2H3/b24-14-. The number of nitrogens with one attached hydrogen (secondary N) is 1. The molecule has 6 nitrogen and oxygen atoms in total. The molecule has 156 valence electrons. The maximum absolute atomic E-state index is 13.0. The summed E-state index contributed by atoms with van der Waals surface area (Å²) in [5, 5.41) is 3.82. The molecule has 0 atom stereocenters. The zero-order valence-corrected chi connectivity index (χ0v) is 17.3. The monoisotopic (exact) mass is 428 g/mol. The van der Waals surface area contributed by atoms with E-state index in [9.17, 15) is 12.8 Å². The third kappa shape index (κ3) is 5.57. The minimum absolute atomic E-state index is 0.132. The second kappa shape index (κ2) is 9.41. The molecule has 3 aromatic rings. The topological polar surface area (TPSA) is 77.0 Å². The number of sulfonamides is 1. The van der Waals surface area contributed by atoms with Gasteiger partial charge >= 0.3 is 0 Å². The minimum Gasteiger partial charge on any atom is -0.493 e. The Bertz CT molecular complexity index is 1130. The molecule has 3 aromatic carbocycles. The lowest BCUT2D eigenvalue weighted by Gasteiger charge is -2.11. The molecule has 1 N–H and O–H groups in total. The lowest BCUT2D eigenvalue weighted by molar-refractivity contribution is 0.284. The SMILES string of the molecule is COc1cc(/C=N\NS(=O)(=O)c2ccc(C)cc2)ccc1OCc1ccc(F)cc1. The molecule has 0 bridgehead atoms. The molecule has 0 aliphatic carbocycles. The van der Waals surface area contributed by atoms with E-state index in [1.54, 1.807) is 42.5 Å². The largest absolute Gasteiger partial charge is 0.493 e. The van der Waals surface area contributed by atoms with Crippen molar-refractivity contribution in [1.82, 2.24) is 4.83 Å². The van der Waals surface area contributed by atoms with Gasteiger partial charge in [-0.1, -0.05) is 29.8 Å². The van der Waals surface area contributed by atoms with Gasteiger partial charge in [0.1, 0.15) is 12.4 Å². The molecule has 0 aliphatic rings. The molecule has 30 heavy (non-hydrogen) atoms. The smallest absolute Gasteiger partial charge is 0.276 e. The first-order chi connectivity index (χ1) is 14.4. The second-order valence-electron chi connectivity index (χ2n) is 6.49. The predicted octanol–water partition coefficient (Wildman–Crippen LogP) is 4.03. The van der Waals surface area contributed by atoms with Crippen molar-refractivity contribution < 1.29 is 22.3 Å². The maximum Gasteiger partial charge on any atom is 0.276 e. The molecule has 0 heterocycles. The molecule has 3 rings (SSSR count). The third-order valence-electron chi connectivity index (χ3n) is 4.21. The Morgan fingerprint density at radius 3 is 2.37 bits per heavy atom. The van der Waals surface area contributed by atoms with E-state index in [1.165, 1.54) is 37.6 Å². The van der Waals surface area contributed by atoms with Gasteiger partial charge in [-0.2, -0.15) is 13.5 Å². The first-order valence-corrected chi connectivity index (χ1v) is 10.5.